The highest BCUT2D eigenvalue weighted by molar-refractivity contribution is 5.85. The number of rotatable bonds is 6. The maximum absolute atomic E-state index is 14.3. The minimum Gasteiger partial charge on any atom is -0.490 e. The molecule has 5 rings (SSSR count). The molecule has 2 unspecified atom stereocenters. The molecule has 7 heteroatoms. The summed E-state index contributed by atoms with van der Waals surface area (Å²) in [7, 11) is 1.45. The molecule has 0 radical (unpaired) electrons. The second-order valence-electron chi connectivity index (χ2n) is 11.5. The van der Waals surface area contributed by atoms with Gasteiger partial charge in [-0.05, 0) is 86.8 Å². The van der Waals surface area contributed by atoms with Crippen LogP contribution < -0.4 is 4.74 Å². The standard InChI is InChI=1S/C30H38F3NO3/c1-3-18-7-10-23(11-8-18)37-27-14-13-26-24(28(27)30(31,32)33)12-9-22(34-26)17-25-19-5-4-6-20(25)16-21(15-19)29(35)36-2/h9,12-14,18-21,23,25H,3-8,10-11,15-17H2,1-2H3. The average Bonchev–Trinajstić information content (AvgIpc) is 2.87. The zero-order valence-electron chi connectivity index (χ0n) is 21.9. The van der Waals surface area contributed by atoms with Crippen molar-refractivity contribution in [2.75, 3.05) is 7.11 Å². The molecule has 0 amide bonds. The van der Waals surface area contributed by atoms with Crippen LogP contribution in [0.2, 0.25) is 0 Å². The summed E-state index contributed by atoms with van der Waals surface area (Å²) in [5.41, 5.74) is 0.475. The summed E-state index contributed by atoms with van der Waals surface area (Å²) < 4.78 is 53.8. The van der Waals surface area contributed by atoms with Crippen LogP contribution in [0, 0.1) is 29.6 Å². The number of nitrogens with zero attached hydrogens (tertiary/aromatic N) is 1. The Hall–Kier alpha value is -2.31. The van der Waals surface area contributed by atoms with E-state index in [9.17, 15) is 18.0 Å². The first-order valence-corrected chi connectivity index (χ1v) is 14.0. The van der Waals surface area contributed by atoms with Gasteiger partial charge in [-0.15, -0.1) is 0 Å². The molecule has 202 valence electrons. The normalized spacial score (nSPS) is 30.2. The largest absolute Gasteiger partial charge is 0.490 e. The Labute approximate surface area is 217 Å². The van der Waals surface area contributed by atoms with Gasteiger partial charge in [0.05, 0.1) is 24.6 Å². The number of carbonyl (C=O) groups is 1. The van der Waals surface area contributed by atoms with Crippen LogP contribution in [0.4, 0.5) is 13.2 Å². The molecule has 4 nitrogen and oxygen atoms in total. The Morgan fingerprint density at radius 2 is 1.70 bits per heavy atom. The number of hydrogen-bond donors (Lipinski definition) is 0. The Morgan fingerprint density at radius 3 is 2.32 bits per heavy atom. The van der Waals surface area contributed by atoms with Crippen LogP contribution in [0.3, 0.4) is 0 Å². The van der Waals surface area contributed by atoms with E-state index in [1.54, 1.807) is 18.2 Å². The van der Waals surface area contributed by atoms with Crippen molar-refractivity contribution < 1.29 is 27.4 Å². The molecule has 0 aliphatic heterocycles. The molecule has 37 heavy (non-hydrogen) atoms. The number of esters is 1. The molecule has 3 fully saturated rings. The number of aromatic nitrogens is 1. The van der Waals surface area contributed by atoms with Gasteiger partial charge >= 0.3 is 12.1 Å². The van der Waals surface area contributed by atoms with Gasteiger partial charge in [0, 0.05) is 11.1 Å². The van der Waals surface area contributed by atoms with Gasteiger partial charge in [-0.1, -0.05) is 38.7 Å². The van der Waals surface area contributed by atoms with Crippen LogP contribution in [0.25, 0.3) is 10.9 Å². The third-order valence-corrected chi connectivity index (χ3v) is 9.35. The number of fused-ring (bicyclic) bond motifs is 3. The molecule has 2 bridgehead atoms. The molecule has 1 aromatic carbocycles. The first-order chi connectivity index (χ1) is 17.8. The van der Waals surface area contributed by atoms with E-state index >= 15 is 0 Å². The van der Waals surface area contributed by atoms with Crippen LogP contribution in [-0.4, -0.2) is 24.2 Å². The lowest BCUT2D eigenvalue weighted by molar-refractivity contribution is -0.149. The molecule has 2 atom stereocenters. The number of alkyl halides is 3. The molecule has 1 aromatic heterocycles. The number of benzene rings is 1. The minimum atomic E-state index is -4.53. The highest BCUT2D eigenvalue weighted by Gasteiger charge is 2.43. The Morgan fingerprint density at radius 1 is 1.00 bits per heavy atom. The molecule has 3 saturated carbocycles. The van der Waals surface area contributed by atoms with Crippen LogP contribution in [0.5, 0.6) is 5.75 Å². The second-order valence-corrected chi connectivity index (χ2v) is 11.5. The fourth-order valence-corrected chi connectivity index (χ4v) is 7.37. The van der Waals surface area contributed by atoms with Crippen molar-refractivity contribution >= 4 is 16.9 Å². The van der Waals surface area contributed by atoms with E-state index in [1.807, 2.05) is 0 Å². The molecule has 1 heterocycles. The number of halogens is 3. The first kappa shape index (κ1) is 26.3. The fraction of sp³-hybridized carbons (Fsp3) is 0.667. The average molecular weight is 518 g/mol. The van der Waals surface area contributed by atoms with E-state index in [4.69, 9.17) is 14.5 Å². The van der Waals surface area contributed by atoms with Crippen molar-refractivity contribution in [3.8, 4) is 5.75 Å². The van der Waals surface area contributed by atoms with E-state index in [0.717, 1.165) is 69.9 Å². The maximum Gasteiger partial charge on any atom is 0.420 e. The van der Waals surface area contributed by atoms with Gasteiger partial charge < -0.3 is 9.47 Å². The van der Waals surface area contributed by atoms with Crippen LogP contribution >= 0.6 is 0 Å². The number of carbonyl (C=O) groups excluding carboxylic acids is 1. The summed E-state index contributed by atoms with van der Waals surface area (Å²) in [6.45, 7) is 2.16. The summed E-state index contributed by atoms with van der Waals surface area (Å²) in [6, 6.07) is 6.48. The summed E-state index contributed by atoms with van der Waals surface area (Å²) >= 11 is 0. The predicted octanol–water partition coefficient (Wildman–Crippen LogP) is 7.76. The summed E-state index contributed by atoms with van der Waals surface area (Å²) in [5.74, 6) is 1.68. The monoisotopic (exact) mass is 517 g/mol. The Kier molecular flexibility index (Phi) is 7.69. The van der Waals surface area contributed by atoms with Gasteiger partial charge in [0.1, 0.15) is 11.3 Å². The lowest BCUT2D eigenvalue weighted by Crippen LogP contribution is -2.40. The molecular weight excluding hydrogens is 479 g/mol. The van der Waals surface area contributed by atoms with Crippen molar-refractivity contribution in [3.05, 3.63) is 35.5 Å². The van der Waals surface area contributed by atoms with Gasteiger partial charge in [0.25, 0.3) is 0 Å². The first-order valence-electron chi connectivity index (χ1n) is 14.0. The van der Waals surface area contributed by atoms with Gasteiger partial charge in [-0.2, -0.15) is 13.2 Å². The van der Waals surface area contributed by atoms with Gasteiger partial charge in [0.15, 0.2) is 0 Å². The predicted molar refractivity (Wildman–Crippen MR) is 136 cm³/mol. The van der Waals surface area contributed by atoms with E-state index < -0.39 is 11.7 Å². The lowest BCUT2D eigenvalue weighted by atomic mass is 9.60. The van der Waals surface area contributed by atoms with E-state index in [0.29, 0.717) is 29.2 Å². The highest BCUT2D eigenvalue weighted by Crippen LogP contribution is 2.49. The summed E-state index contributed by atoms with van der Waals surface area (Å²) in [4.78, 5) is 16.9. The molecule has 0 spiro atoms. The minimum absolute atomic E-state index is 0.0362. The molecule has 3 aliphatic rings. The van der Waals surface area contributed by atoms with Crippen LogP contribution in [0.15, 0.2) is 24.3 Å². The summed E-state index contributed by atoms with van der Waals surface area (Å²) in [5, 5.41) is 0.102. The molecule has 3 aliphatic carbocycles. The third-order valence-electron chi connectivity index (χ3n) is 9.35. The molecule has 0 N–H and O–H groups in total. The third kappa shape index (κ3) is 5.61. The van der Waals surface area contributed by atoms with Crippen molar-refractivity contribution in [2.45, 2.75) is 89.8 Å². The van der Waals surface area contributed by atoms with E-state index in [2.05, 4.69) is 6.92 Å². The van der Waals surface area contributed by atoms with Crippen LogP contribution in [-0.2, 0) is 22.1 Å². The van der Waals surface area contributed by atoms with Crippen molar-refractivity contribution in [1.29, 1.82) is 0 Å². The number of ether oxygens (including phenoxy) is 2. The molecule has 2 aromatic rings. The van der Waals surface area contributed by atoms with Crippen molar-refractivity contribution in [1.82, 2.24) is 4.98 Å². The van der Waals surface area contributed by atoms with Gasteiger partial charge in [0.2, 0.25) is 0 Å². The number of hydrogen-bond acceptors (Lipinski definition) is 4. The molecule has 0 saturated heterocycles. The number of methoxy groups -OCH3 is 1. The maximum atomic E-state index is 14.3. The topological polar surface area (TPSA) is 48.4 Å². The quantitative estimate of drug-likeness (QED) is 0.368. The molecular formula is C30H38F3NO3. The van der Waals surface area contributed by atoms with Crippen molar-refractivity contribution in [2.24, 2.45) is 29.6 Å². The van der Waals surface area contributed by atoms with E-state index in [1.165, 1.54) is 19.6 Å². The lowest BCUT2D eigenvalue weighted by Gasteiger charge is -2.45. The zero-order valence-corrected chi connectivity index (χ0v) is 21.9. The smallest absolute Gasteiger partial charge is 0.420 e. The highest BCUT2D eigenvalue weighted by atomic mass is 19.4. The van der Waals surface area contributed by atoms with Gasteiger partial charge in [-0.25, -0.2) is 0 Å². The Balaban J connectivity index is 1.37. The van der Waals surface area contributed by atoms with Crippen molar-refractivity contribution in [3.63, 3.8) is 0 Å². The van der Waals surface area contributed by atoms with Crippen LogP contribution in [0.1, 0.15) is 82.4 Å². The van der Waals surface area contributed by atoms with Gasteiger partial charge in [-0.3, -0.25) is 9.78 Å². The second kappa shape index (κ2) is 10.8. The zero-order chi connectivity index (χ0) is 26.2. The Bertz CT molecular complexity index is 1100. The SMILES string of the molecule is CCC1CCC(Oc2ccc3nc(CC4C5CCCC4CC(C(=O)OC)C5)ccc3c2C(F)(F)F)CC1. The van der Waals surface area contributed by atoms with E-state index in [-0.39, 0.29) is 29.1 Å². The number of pyridine rings is 1. The summed E-state index contributed by atoms with van der Waals surface area (Å²) in [6.07, 6.45) is 5.76. The fourth-order valence-electron chi connectivity index (χ4n) is 7.37.